The minimum Gasteiger partial charge on any atom is -0.436 e. The van der Waals surface area contributed by atoms with E-state index in [9.17, 15) is 0 Å². The van der Waals surface area contributed by atoms with Gasteiger partial charge in [0.15, 0.2) is 23.1 Å². The Balaban J connectivity index is 1.03. The van der Waals surface area contributed by atoms with Gasteiger partial charge in [-0.1, -0.05) is 140 Å². The summed E-state index contributed by atoms with van der Waals surface area (Å²) in [7, 11) is 0. The summed E-state index contributed by atoms with van der Waals surface area (Å²) in [6.45, 7) is 0. The third-order valence-electron chi connectivity index (χ3n) is 9.52. The number of para-hydroxylation sites is 4. The number of hydrogen-bond donors (Lipinski definition) is 0. The zero-order valence-corrected chi connectivity index (χ0v) is 27.9. The summed E-state index contributed by atoms with van der Waals surface area (Å²) >= 11 is 0. The second kappa shape index (κ2) is 12.3. The molecule has 6 heteroatoms. The maximum absolute atomic E-state index is 6.29. The average molecular weight is 668 g/mol. The quantitative estimate of drug-likeness (QED) is 0.176. The number of rotatable bonds is 6. The van der Waals surface area contributed by atoms with Gasteiger partial charge >= 0.3 is 0 Å². The first-order chi connectivity index (χ1) is 25.8. The van der Waals surface area contributed by atoms with Crippen LogP contribution in [0.2, 0.25) is 0 Å². The van der Waals surface area contributed by atoms with Crippen LogP contribution in [0.15, 0.2) is 180 Å². The summed E-state index contributed by atoms with van der Waals surface area (Å²) in [5.74, 6) is 2.54. The van der Waals surface area contributed by atoms with Gasteiger partial charge in [-0.3, -0.25) is 0 Å². The van der Waals surface area contributed by atoms with Gasteiger partial charge in [0.05, 0.1) is 16.6 Å². The van der Waals surface area contributed by atoms with Crippen molar-refractivity contribution in [1.29, 1.82) is 0 Å². The molecule has 0 bridgehead atoms. The normalized spacial score (nSPS) is 11.5. The second-order valence-corrected chi connectivity index (χ2v) is 12.7. The molecule has 7 aromatic carbocycles. The van der Waals surface area contributed by atoms with Gasteiger partial charge in [-0.15, -0.1) is 0 Å². The molecule has 0 aliphatic carbocycles. The van der Waals surface area contributed by atoms with Crippen LogP contribution in [0.5, 0.6) is 0 Å². The van der Waals surface area contributed by atoms with Crippen molar-refractivity contribution in [2.45, 2.75) is 0 Å². The molecule has 0 spiro atoms. The lowest BCUT2D eigenvalue weighted by Crippen LogP contribution is -2.00. The number of oxazole rings is 1. The molecular weight excluding hydrogens is 639 g/mol. The summed E-state index contributed by atoms with van der Waals surface area (Å²) in [6.07, 6.45) is 0. The van der Waals surface area contributed by atoms with Crippen molar-refractivity contribution in [2.24, 2.45) is 0 Å². The van der Waals surface area contributed by atoms with E-state index in [2.05, 4.69) is 95.6 Å². The van der Waals surface area contributed by atoms with E-state index < -0.39 is 0 Å². The van der Waals surface area contributed by atoms with Crippen molar-refractivity contribution in [3.63, 3.8) is 0 Å². The summed E-state index contributed by atoms with van der Waals surface area (Å²) < 4.78 is 8.61. The fraction of sp³-hybridized carbons (Fsp3) is 0. The molecule has 244 valence electrons. The summed E-state index contributed by atoms with van der Waals surface area (Å²) in [6, 6.07) is 60.0. The second-order valence-electron chi connectivity index (χ2n) is 12.7. The van der Waals surface area contributed by atoms with Crippen molar-refractivity contribution in [3.8, 4) is 62.4 Å². The predicted molar refractivity (Wildman–Crippen MR) is 209 cm³/mol. The lowest BCUT2D eigenvalue weighted by molar-refractivity contribution is 0.620. The minimum atomic E-state index is 0.609. The first-order valence-corrected chi connectivity index (χ1v) is 17.2. The molecule has 0 radical (unpaired) electrons. The van der Waals surface area contributed by atoms with Crippen molar-refractivity contribution in [1.82, 2.24) is 24.5 Å². The van der Waals surface area contributed by atoms with Crippen LogP contribution in [0.4, 0.5) is 0 Å². The Hall–Kier alpha value is -7.18. The van der Waals surface area contributed by atoms with Gasteiger partial charge in [-0.05, 0) is 47.5 Å². The third-order valence-corrected chi connectivity index (χ3v) is 9.52. The highest BCUT2D eigenvalue weighted by atomic mass is 16.3. The van der Waals surface area contributed by atoms with Gasteiger partial charge in [-0.2, -0.15) is 0 Å². The molecule has 3 aromatic heterocycles. The van der Waals surface area contributed by atoms with E-state index in [0.717, 1.165) is 66.6 Å². The van der Waals surface area contributed by atoms with Crippen LogP contribution in [-0.4, -0.2) is 24.5 Å². The van der Waals surface area contributed by atoms with Gasteiger partial charge in [-0.25, -0.2) is 19.9 Å². The minimum absolute atomic E-state index is 0.609. The van der Waals surface area contributed by atoms with E-state index in [1.165, 1.54) is 5.39 Å². The van der Waals surface area contributed by atoms with Crippen molar-refractivity contribution in [2.75, 3.05) is 0 Å². The first kappa shape index (κ1) is 29.7. The van der Waals surface area contributed by atoms with Crippen molar-refractivity contribution < 1.29 is 4.42 Å². The molecule has 0 fully saturated rings. The highest BCUT2D eigenvalue weighted by Crippen LogP contribution is 2.39. The Morgan fingerprint density at radius 2 is 0.904 bits per heavy atom. The number of aromatic nitrogens is 5. The van der Waals surface area contributed by atoms with Crippen molar-refractivity contribution in [3.05, 3.63) is 176 Å². The smallest absolute Gasteiger partial charge is 0.229 e. The maximum Gasteiger partial charge on any atom is 0.229 e. The van der Waals surface area contributed by atoms with Crippen LogP contribution in [0.1, 0.15) is 0 Å². The Kier molecular flexibility index (Phi) is 7.03. The third kappa shape index (κ3) is 5.13. The largest absolute Gasteiger partial charge is 0.436 e. The molecule has 0 amide bonds. The maximum atomic E-state index is 6.29. The Morgan fingerprint density at radius 3 is 1.56 bits per heavy atom. The standard InChI is InChI=1S/C46H29N5O/c1-3-12-32(13-4-1)43-48-44(33-14-5-2-6-15-33)50-45(49-43)34-24-22-30(23-25-34)31-26-28-35(29-27-31)51-40-20-9-7-16-36(40)37-17-11-18-38(42(37)51)46-47-39-19-8-10-21-41(39)52-46/h1-29H. The lowest BCUT2D eigenvalue weighted by atomic mass is 10.0. The average Bonchev–Trinajstić information content (AvgIpc) is 3.81. The molecular formula is C46H29N5O. The molecule has 0 saturated carbocycles. The van der Waals surface area contributed by atoms with Gasteiger partial charge in [0.2, 0.25) is 5.89 Å². The molecule has 0 aliphatic rings. The summed E-state index contributed by atoms with van der Waals surface area (Å²) in [4.78, 5) is 19.5. The van der Waals surface area contributed by atoms with Crippen LogP contribution < -0.4 is 0 Å². The monoisotopic (exact) mass is 667 g/mol. The number of hydrogen-bond acceptors (Lipinski definition) is 5. The van der Waals surface area contributed by atoms with Crippen LogP contribution >= 0.6 is 0 Å². The van der Waals surface area contributed by atoms with E-state index in [1.807, 2.05) is 84.9 Å². The zero-order valence-electron chi connectivity index (χ0n) is 27.9. The molecule has 52 heavy (non-hydrogen) atoms. The van der Waals surface area contributed by atoms with Gasteiger partial charge in [0.25, 0.3) is 0 Å². The van der Waals surface area contributed by atoms with Gasteiger partial charge in [0.1, 0.15) is 5.52 Å². The summed E-state index contributed by atoms with van der Waals surface area (Å²) in [5, 5.41) is 2.33. The predicted octanol–water partition coefficient (Wildman–Crippen LogP) is 11.4. The van der Waals surface area contributed by atoms with Crippen molar-refractivity contribution >= 4 is 32.9 Å². The van der Waals surface area contributed by atoms with Crippen LogP contribution in [0.25, 0.3) is 95.3 Å². The molecule has 10 aromatic rings. The molecule has 0 N–H and O–H groups in total. The van der Waals surface area contributed by atoms with Crippen LogP contribution in [0.3, 0.4) is 0 Å². The molecule has 6 nitrogen and oxygen atoms in total. The Labute approximate surface area is 299 Å². The molecule has 3 heterocycles. The molecule has 10 rings (SSSR count). The Morgan fingerprint density at radius 1 is 0.385 bits per heavy atom. The number of fused-ring (bicyclic) bond motifs is 4. The topological polar surface area (TPSA) is 69.6 Å². The highest BCUT2D eigenvalue weighted by molar-refractivity contribution is 6.13. The van der Waals surface area contributed by atoms with E-state index in [0.29, 0.717) is 23.4 Å². The van der Waals surface area contributed by atoms with E-state index in [1.54, 1.807) is 0 Å². The summed E-state index contributed by atoms with van der Waals surface area (Å²) in [5.41, 5.74) is 10.9. The van der Waals surface area contributed by atoms with E-state index >= 15 is 0 Å². The SMILES string of the molecule is c1ccc(-c2nc(-c3ccccc3)nc(-c3ccc(-c4ccc(-n5c6ccccc6c6cccc(-c7nc8ccccc8o7)c65)cc4)cc3)n2)cc1. The van der Waals surface area contributed by atoms with Crippen LogP contribution in [-0.2, 0) is 0 Å². The Bertz CT molecular complexity index is 2790. The highest BCUT2D eigenvalue weighted by Gasteiger charge is 2.19. The zero-order chi connectivity index (χ0) is 34.4. The van der Waals surface area contributed by atoms with Gasteiger partial charge in [0, 0.05) is 33.2 Å². The fourth-order valence-electron chi connectivity index (χ4n) is 7.00. The molecule has 0 unspecified atom stereocenters. The fourth-order valence-corrected chi connectivity index (χ4v) is 7.00. The number of nitrogens with zero attached hydrogens (tertiary/aromatic N) is 5. The molecule has 0 saturated heterocycles. The van der Waals surface area contributed by atoms with E-state index in [-0.39, 0.29) is 0 Å². The van der Waals surface area contributed by atoms with Crippen LogP contribution in [0, 0.1) is 0 Å². The molecule has 0 aliphatic heterocycles. The first-order valence-electron chi connectivity index (χ1n) is 17.2. The van der Waals surface area contributed by atoms with E-state index in [4.69, 9.17) is 24.4 Å². The number of benzene rings is 7. The molecule has 0 atom stereocenters. The lowest BCUT2D eigenvalue weighted by Gasteiger charge is -2.12. The van der Waals surface area contributed by atoms with Gasteiger partial charge < -0.3 is 8.98 Å².